The maximum atomic E-state index is 5.85. The number of methoxy groups -OCH3 is 2. The second-order valence-corrected chi connectivity index (χ2v) is 12.7. The normalized spacial score (nSPS) is 17.4. The van der Waals surface area contributed by atoms with Crippen molar-refractivity contribution in [1.82, 2.24) is 19.8 Å². The SMILES string of the molecule is COc1cc(N2CCC(N3CCN(C)CC3)CC2)c(C)cc1Nc1ncc(Br)c(Nc2ccccc2C(C)(C)OC)n1. The van der Waals surface area contributed by atoms with Crippen LogP contribution in [0, 0.1) is 6.92 Å². The average Bonchev–Trinajstić information content (AvgIpc) is 3.00. The lowest BCUT2D eigenvalue weighted by Crippen LogP contribution is -2.52. The maximum absolute atomic E-state index is 5.85. The highest BCUT2D eigenvalue weighted by Gasteiger charge is 2.28. The lowest BCUT2D eigenvalue weighted by molar-refractivity contribution is 0.0198. The van der Waals surface area contributed by atoms with Gasteiger partial charge >= 0.3 is 0 Å². The van der Waals surface area contributed by atoms with Crippen LogP contribution in [0.15, 0.2) is 47.1 Å². The van der Waals surface area contributed by atoms with Gasteiger partial charge in [0.25, 0.3) is 0 Å². The van der Waals surface area contributed by atoms with Crippen LogP contribution in [0.1, 0.15) is 37.8 Å². The summed E-state index contributed by atoms with van der Waals surface area (Å²) in [4.78, 5) is 16.9. The number of hydrogen-bond acceptors (Lipinski definition) is 9. The lowest BCUT2D eigenvalue weighted by Gasteiger charge is -2.43. The molecule has 0 saturated carbocycles. The van der Waals surface area contributed by atoms with Gasteiger partial charge in [-0.15, -0.1) is 0 Å². The molecular formula is C32H44BrN7O2. The predicted octanol–water partition coefficient (Wildman–Crippen LogP) is 6.14. The first kappa shape index (κ1) is 30.5. The van der Waals surface area contributed by atoms with Crippen LogP contribution in [0.4, 0.5) is 28.8 Å². The molecule has 10 heteroatoms. The molecule has 5 rings (SSSR count). The van der Waals surface area contributed by atoms with E-state index >= 15 is 0 Å². The van der Waals surface area contributed by atoms with Gasteiger partial charge in [-0.1, -0.05) is 18.2 Å². The molecule has 0 atom stereocenters. The van der Waals surface area contributed by atoms with Crippen molar-refractivity contribution in [3.63, 3.8) is 0 Å². The van der Waals surface area contributed by atoms with Crippen LogP contribution in [0.25, 0.3) is 0 Å². The van der Waals surface area contributed by atoms with Crippen molar-refractivity contribution in [3.8, 4) is 5.75 Å². The average molecular weight is 639 g/mol. The number of rotatable bonds is 9. The molecule has 0 spiro atoms. The van der Waals surface area contributed by atoms with Crippen molar-refractivity contribution < 1.29 is 9.47 Å². The fourth-order valence-corrected chi connectivity index (χ4v) is 6.22. The number of para-hydroxylation sites is 1. The molecule has 0 radical (unpaired) electrons. The molecule has 0 amide bonds. The van der Waals surface area contributed by atoms with E-state index in [4.69, 9.17) is 14.5 Å². The first-order valence-electron chi connectivity index (χ1n) is 14.8. The van der Waals surface area contributed by atoms with Gasteiger partial charge in [0.2, 0.25) is 5.95 Å². The number of anilines is 5. The van der Waals surface area contributed by atoms with Gasteiger partial charge in [0, 0.05) is 81.6 Å². The third-order valence-corrected chi connectivity index (χ3v) is 9.29. The Morgan fingerprint density at radius 3 is 2.36 bits per heavy atom. The van der Waals surface area contributed by atoms with Gasteiger partial charge in [-0.2, -0.15) is 4.98 Å². The summed E-state index contributed by atoms with van der Waals surface area (Å²) >= 11 is 3.61. The van der Waals surface area contributed by atoms with Crippen molar-refractivity contribution in [2.24, 2.45) is 0 Å². The van der Waals surface area contributed by atoms with Crippen LogP contribution >= 0.6 is 15.9 Å². The Morgan fingerprint density at radius 2 is 1.67 bits per heavy atom. The molecule has 3 aromatic rings. The molecule has 2 fully saturated rings. The Kier molecular flexibility index (Phi) is 9.57. The number of hydrogen-bond donors (Lipinski definition) is 2. The topological polar surface area (TPSA) is 78.0 Å². The number of likely N-dealkylation sites (N-methyl/N-ethyl adjacent to an activating group) is 1. The first-order valence-corrected chi connectivity index (χ1v) is 15.5. The van der Waals surface area contributed by atoms with Gasteiger partial charge in [-0.05, 0) is 74.3 Å². The zero-order chi connectivity index (χ0) is 29.9. The number of piperidine rings is 1. The van der Waals surface area contributed by atoms with Gasteiger partial charge in [0.15, 0.2) is 0 Å². The Morgan fingerprint density at radius 1 is 0.952 bits per heavy atom. The molecule has 2 saturated heterocycles. The van der Waals surface area contributed by atoms with Crippen molar-refractivity contribution in [2.45, 2.75) is 45.3 Å². The molecule has 0 bridgehead atoms. The second-order valence-electron chi connectivity index (χ2n) is 11.8. The van der Waals surface area contributed by atoms with Crippen molar-refractivity contribution in [1.29, 1.82) is 0 Å². The van der Waals surface area contributed by atoms with E-state index in [2.05, 4.69) is 78.4 Å². The molecule has 2 aliphatic heterocycles. The summed E-state index contributed by atoms with van der Waals surface area (Å²) in [6, 6.07) is 13.1. The Balaban J connectivity index is 1.31. The number of aromatic nitrogens is 2. The fraction of sp³-hybridized carbons (Fsp3) is 0.500. The first-order chi connectivity index (χ1) is 20.2. The number of aryl methyl sites for hydroxylation is 1. The fourth-order valence-electron chi connectivity index (χ4n) is 5.93. The Hall–Kier alpha value is -2.92. The summed E-state index contributed by atoms with van der Waals surface area (Å²) in [5, 5.41) is 6.86. The Labute approximate surface area is 258 Å². The van der Waals surface area contributed by atoms with E-state index in [-0.39, 0.29) is 0 Å². The van der Waals surface area contributed by atoms with Crippen molar-refractivity contribution in [3.05, 3.63) is 58.2 Å². The standard InChI is InChI=1S/C32H44BrN7O2/c1-22-19-27(29(41-5)20-28(22)40-13-11-23(12-14-40)39-17-15-38(4)16-18-39)36-31-34-21-25(33)30(37-31)35-26-10-8-7-9-24(26)32(2,3)42-6/h7-10,19-21,23H,11-18H2,1-6H3,(H2,34,35,36,37). The maximum Gasteiger partial charge on any atom is 0.229 e. The van der Waals surface area contributed by atoms with Crippen LogP contribution in [0.5, 0.6) is 5.75 Å². The molecule has 2 aliphatic rings. The van der Waals surface area contributed by atoms with Crippen molar-refractivity contribution >= 4 is 44.8 Å². The molecular weight excluding hydrogens is 594 g/mol. The highest BCUT2D eigenvalue weighted by molar-refractivity contribution is 9.10. The van der Waals surface area contributed by atoms with Crippen molar-refractivity contribution in [2.75, 3.05) is 76.1 Å². The number of nitrogens with one attached hydrogen (secondary N) is 2. The van der Waals surface area contributed by atoms with E-state index in [1.54, 1.807) is 20.4 Å². The van der Waals surface area contributed by atoms with E-state index in [0.717, 1.165) is 40.2 Å². The quantitative estimate of drug-likeness (QED) is 0.288. The third-order valence-electron chi connectivity index (χ3n) is 8.71. The third kappa shape index (κ3) is 6.83. The summed E-state index contributed by atoms with van der Waals surface area (Å²) in [5.74, 6) is 1.90. The molecule has 0 unspecified atom stereocenters. The highest BCUT2D eigenvalue weighted by atomic mass is 79.9. The zero-order valence-corrected chi connectivity index (χ0v) is 27.3. The minimum atomic E-state index is -0.462. The summed E-state index contributed by atoms with van der Waals surface area (Å²) < 4.78 is 12.4. The summed E-state index contributed by atoms with van der Waals surface area (Å²) in [6.07, 6.45) is 4.14. The number of ether oxygens (including phenoxy) is 2. The van der Waals surface area contributed by atoms with Crippen LogP contribution in [0.3, 0.4) is 0 Å². The smallest absolute Gasteiger partial charge is 0.229 e. The molecule has 3 heterocycles. The summed E-state index contributed by atoms with van der Waals surface area (Å²) in [5.41, 5.74) is 4.75. The van der Waals surface area contributed by atoms with Gasteiger partial charge in [-0.3, -0.25) is 4.90 Å². The number of halogens is 1. The monoisotopic (exact) mass is 637 g/mol. The summed E-state index contributed by atoms with van der Waals surface area (Å²) in [6.45, 7) is 13.1. The Bertz CT molecular complexity index is 1370. The number of nitrogens with zero attached hydrogens (tertiary/aromatic N) is 5. The predicted molar refractivity (Wildman–Crippen MR) is 175 cm³/mol. The van der Waals surface area contributed by atoms with E-state index in [1.165, 1.54) is 50.3 Å². The van der Waals surface area contributed by atoms with Crippen LogP contribution in [-0.4, -0.2) is 86.3 Å². The summed E-state index contributed by atoms with van der Waals surface area (Å²) in [7, 11) is 5.65. The lowest BCUT2D eigenvalue weighted by atomic mass is 9.96. The minimum Gasteiger partial charge on any atom is -0.494 e. The van der Waals surface area contributed by atoms with Crippen LogP contribution < -0.4 is 20.3 Å². The van der Waals surface area contributed by atoms with Gasteiger partial charge in [-0.25, -0.2) is 4.98 Å². The highest BCUT2D eigenvalue weighted by Crippen LogP contribution is 2.37. The largest absolute Gasteiger partial charge is 0.494 e. The molecule has 1 aromatic heterocycles. The molecule has 42 heavy (non-hydrogen) atoms. The van der Waals surface area contributed by atoms with Crippen LogP contribution in [-0.2, 0) is 10.3 Å². The minimum absolute atomic E-state index is 0.462. The molecule has 9 nitrogen and oxygen atoms in total. The van der Waals surface area contributed by atoms with E-state index in [0.29, 0.717) is 17.8 Å². The second kappa shape index (κ2) is 13.2. The van der Waals surface area contributed by atoms with E-state index < -0.39 is 5.60 Å². The van der Waals surface area contributed by atoms with Gasteiger partial charge in [0.05, 0.1) is 22.9 Å². The van der Waals surface area contributed by atoms with Crippen LogP contribution in [0.2, 0.25) is 0 Å². The molecule has 226 valence electrons. The van der Waals surface area contributed by atoms with Gasteiger partial charge in [0.1, 0.15) is 11.6 Å². The number of benzene rings is 2. The number of piperazine rings is 1. The zero-order valence-electron chi connectivity index (χ0n) is 25.7. The van der Waals surface area contributed by atoms with E-state index in [9.17, 15) is 0 Å². The molecule has 0 aliphatic carbocycles. The molecule has 2 N–H and O–H groups in total. The van der Waals surface area contributed by atoms with E-state index in [1.807, 2.05) is 32.0 Å². The van der Waals surface area contributed by atoms with Gasteiger partial charge < -0.3 is 29.9 Å². The molecule has 2 aromatic carbocycles.